The van der Waals surface area contributed by atoms with E-state index in [2.05, 4.69) is 15.6 Å². The number of aliphatic hydroxyl groups excluding tert-OH is 1. The Morgan fingerprint density at radius 2 is 2.27 bits per heavy atom. The molecule has 1 heterocycles. The zero-order valence-corrected chi connectivity index (χ0v) is 7.99. The maximum atomic E-state index is 11.9. The number of alkyl halides is 3. The van der Waals surface area contributed by atoms with E-state index in [-0.39, 0.29) is 6.54 Å². The molecule has 0 spiro atoms. The largest absolute Gasteiger partial charge is 0.415 e. The van der Waals surface area contributed by atoms with Gasteiger partial charge in [0.05, 0.1) is 5.69 Å². The van der Waals surface area contributed by atoms with Crippen LogP contribution >= 0.6 is 0 Å². The summed E-state index contributed by atoms with van der Waals surface area (Å²) in [6.45, 7) is -0.416. The molecule has 0 saturated heterocycles. The second-order valence-corrected chi connectivity index (χ2v) is 3.07. The number of hydrogen-bond acceptors (Lipinski definition) is 4. The van der Waals surface area contributed by atoms with Gasteiger partial charge in [-0.25, -0.2) is 0 Å². The number of aromatic nitrogens is 3. The van der Waals surface area contributed by atoms with E-state index in [0.717, 1.165) is 0 Å². The van der Waals surface area contributed by atoms with Crippen LogP contribution in [0.1, 0.15) is 5.69 Å². The Hall–Kier alpha value is -1.15. The average molecular weight is 224 g/mol. The fraction of sp³-hybridized carbons (Fsp3) is 0.714. The standard InChI is InChI=1S/C7H11F3N4O/c1-14-4-5(12-13-14)2-11-3-6(15)7(8,9)10/h4,6,11,15H,2-3H2,1H3. The zero-order chi connectivity index (χ0) is 11.5. The molecule has 1 atom stereocenters. The normalized spacial score (nSPS) is 14.2. The molecular weight excluding hydrogens is 213 g/mol. The molecule has 15 heavy (non-hydrogen) atoms. The summed E-state index contributed by atoms with van der Waals surface area (Å²) in [6.07, 6.45) is -5.36. The Morgan fingerprint density at radius 3 is 2.73 bits per heavy atom. The maximum Gasteiger partial charge on any atom is 0.415 e. The Kier molecular flexibility index (Phi) is 3.64. The quantitative estimate of drug-likeness (QED) is 0.745. The van der Waals surface area contributed by atoms with Crippen LogP contribution in [-0.4, -0.2) is 38.9 Å². The molecule has 1 unspecified atom stereocenters. The van der Waals surface area contributed by atoms with E-state index in [1.165, 1.54) is 4.68 Å². The van der Waals surface area contributed by atoms with Gasteiger partial charge in [0.1, 0.15) is 0 Å². The zero-order valence-electron chi connectivity index (χ0n) is 7.99. The van der Waals surface area contributed by atoms with Crippen molar-refractivity contribution >= 4 is 0 Å². The van der Waals surface area contributed by atoms with E-state index in [1.807, 2.05) is 0 Å². The third-order valence-corrected chi connectivity index (χ3v) is 1.67. The first-order valence-corrected chi connectivity index (χ1v) is 4.20. The van der Waals surface area contributed by atoms with Crippen LogP contribution in [-0.2, 0) is 13.6 Å². The number of hydrogen-bond donors (Lipinski definition) is 2. The summed E-state index contributed by atoms with van der Waals surface area (Å²) in [5.41, 5.74) is 0.520. The molecule has 1 rings (SSSR count). The van der Waals surface area contributed by atoms with Gasteiger partial charge in [-0.2, -0.15) is 13.2 Å². The lowest BCUT2D eigenvalue weighted by Crippen LogP contribution is -2.38. The van der Waals surface area contributed by atoms with E-state index >= 15 is 0 Å². The number of aliphatic hydroxyl groups is 1. The van der Waals surface area contributed by atoms with E-state index in [9.17, 15) is 13.2 Å². The lowest BCUT2D eigenvalue weighted by molar-refractivity contribution is -0.201. The van der Waals surface area contributed by atoms with Crippen molar-refractivity contribution in [3.8, 4) is 0 Å². The summed E-state index contributed by atoms with van der Waals surface area (Å²) in [5, 5.41) is 18.3. The van der Waals surface area contributed by atoms with Gasteiger partial charge >= 0.3 is 6.18 Å². The first-order valence-electron chi connectivity index (χ1n) is 4.20. The summed E-state index contributed by atoms with van der Waals surface area (Å²) < 4.78 is 37.0. The van der Waals surface area contributed by atoms with Crippen molar-refractivity contribution in [2.75, 3.05) is 6.54 Å². The highest BCUT2D eigenvalue weighted by atomic mass is 19.4. The molecule has 0 aromatic carbocycles. The highest BCUT2D eigenvalue weighted by Crippen LogP contribution is 2.19. The number of aryl methyl sites for hydroxylation is 1. The maximum absolute atomic E-state index is 11.9. The molecule has 0 radical (unpaired) electrons. The van der Waals surface area contributed by atoms with Crippen LogP contribution in [0.5, 0.6) is 0 Å². The molecule has 0 fully saturated rings. The second kappa shape index (κ2) is 4.58. The fourth-order valence-electron chi connectivity index (χ4n) is 0.929. The first-order chi connectivity index (χ1) is 6.89. The van der Waals surface area contributed by atoms with Crippen molar-refractivity contribution in [3.63, 3.8) is 0 Å². The molecular formula is C7H11F3N4O. The third kappa shape index (κ3) is 3.84. The molecule has 1 aromatic heterocycles. The smallest absolute Gasteiger partial charge is 0.382 e. The minimum atomic E-state index is -4.59. The van der Waals surface area contributed by atoms with Crippen LogP contribution in [0.15, 0.2) is 6.20 Å². The van der Waals surface area contributed by atoms with Crippen LogP contribution in [0.3, 0.4) is 0 Å². The van der Waals surface area contributed by atoms with Crippen LogP contribution in [0.25, 0.3) is 0 Å². The van der Waals surface area contributed by atoms with Gasteiger partial charge in [-0.05, 0) is 0 Å². The molecule has 0 bridgehead atoms. The van der Waals surface area contributed by atoms with Gasteiger partial charge in [0, 0.05) is 26.3 Å². The van der Waals surface area contributed by atoms with Gasteiger partial charge in [0.25, 0.3) is 0 Å². The topological polar surface area (TPSA) is 63.0 Å². The van der Waals surface area contributed by atoms with Crippen LogP contribution in [0.2, 0.25) is 0 Å². The minimum absolute atomic E-state index is 0.140. The summed E-state index contributed by atoms with van der Waals surface area (Å²) in [7, 11) is 1.65. The van der Waals surface area contributed by atoms with Gasteiger partial charge < -0.3 is 10.4 Å². The Balaban J connectivity index is 2.28. The van der Waals surface area contributed by atoms with Crippen LogP contribution in [0.4, 0.5) is 13.2 Å². The van der Waals surface area contributed by atoms with Crippen molar-refractivity contribution in [2.45, 2.75) is 18.8 Å². The summed E-state index contributed by atoms with van der Waals surface area (Å²) in [6, 6.07) is 0. The average Bonchev–Trinajstić information content (AvgIpc) is 2.49. The van der Waals surface area contributed by atoms with Crippen molar-refractivity contribution in [3.05, 3.63) is 11.9 Å². The van der Waals surface area contributed by atoms with Gasteiger partial charge in [-0.3, -0.25) is 4.68 Å². The van der Waals surface area contributed by atoms with Gasteiger partial charge in [-0.15, -0.1) is 5.10 Å². The monoisotopic (exact) mass is 224 g/mol. The van der Waals surface area contributed by atoms with E-state index < -0.39 is 18.8 Å². The molecule has 0 aliphatic heterocycles. The van der Waals surface area contributed by atoms with Crippen LogP contribution < -0.4 is 5.32 Å². The van der Waals surface area contributed by atoms with Crippen molar-refractivity contribution in [2.24, 2.45) is 7.05 Å². The molecule has 5 nitrogen and oxygen atoms in total. The molecule has 8 heteroatoms. The summed E-state index contributed by atoms with van der Waals surface area (Å²) in [4.78, 5) is 0. The number of rotatable bonds is 4. The molecule has 2 N–H and O–H groups in total. The molecule has 0 aliphatic rings. The Bertz CT molecular complexity index is 311. The highest BCUT2D eigenvalue weighted by Gasteiger charge is 2.37. The lowest BCUT2D eigenvalue weighted by Gasteiger charge is -2.14. The summed E-state index contributed by atoms with van der Waals surface area (Å²) >= 11 is 0. The molecule has 0 saturated carbocycles. The Labute approximate surface area is 83.9 Å². The predicted octanol–water partition coefficient (Wildman–Crippen LogP) is -0.172. The van der Waals surface area contributed by atoms with E-state index in [4.69, 9.17) is 5.11 Å². The Morgan fingerprint density at radius 1 is 1.60 bits per heavy atom. The van der Waals surface area contributed by atoms with Crippen molar-refractivity contribution < 1.29 is 18.3 Å². The number of nitrogens with zero attached hydrogens (tertiary/aromatic N) is 3. The first kappa shape index (κ1) is 11.9. The van der Waals surface area contributed by atoms with E-state index in [0.29, 0.717) is 5.69 Å². The second-order valence-electron chi connectivity index (χ2n) is 3.07. The number of nitrogens with one attached hydrogen (secondary N) is 1. The van der Waals surface area contributed by atoms with Gasteiger partial charge in [0.15, 0.2) is 6.10 Å². The van der Waals surface area contributed by atoms with E-state index in [1.54, 1.807) is 13.2 Å². The molecule has 1 aromatic rings. The van der Waals surface area contributed by atoms with Crippen LogP contribution in [0, 0.1) is 0 Å². The lowest BCUT2D eigenvalue weighted by atomic mass is 10.3. The van der Waals surface area contributed by atoms with Crippen molar-refractivity contribution in [1.29, 1.82) is 0 Å². The predicted molar refractivity (Wildman–Crippen MR) is 44.8 cm³/mol. The minimum Gasteiger partial charge on any atom is -0.382 e. The number of halogens is 3. The van der Waals surface area contributed by atoms with Gasteiger partial charge in [-0.1, -0.05) is 5.21 Å². The molecule has 0 amide bonds. The van der Waals surface area contributed by atoms with Gasteiger partial charge in [0.2, 0.25) is 0 Å². The third-order valence-electron chi connectivity index (χ3n) is 1.67. The molecule has 86 valence electrons. The fourth-order valence-corrected chi connectivity index (χ4v) is 0.929. The molecule has 0 aliphatic carbocycles. The highest BCUT2D eigenvalue weighted by molar-refractivity contribution is 4.91. The van der Waals surface area contributed by atoms with Crippen molar-refractivity contribution in [1.82, 2.24) is 20.3 Å². The SMILES string of the molecule is Cn1cc(CNCC(O)C(F)(F)F)nn1. The summed E-state index contributed by atoms with van der Waals surface area (Å²) in [5.74, 6) is 0.